The highest BCUT2D eigenvalue weighted by Crippen LogP contribution is 2.42. The van der Waals surface area contributed by atoms with E-state index in [1.54, 1.807) is 0 Å². The van der Waals surface area contributed by atoms with Crippen LogP contribution in [0, 0.1) is 11.3 Å². The van der Waals surface area contributed by atoms with E-state index in [2.05, 4.69) is 35.1 Å². The molecule has 0 radical (unpaired) electrons. The number of amides is 1. The normalized spacial score (nSPS) is 17.1. The first kappa shape index (κ1) is 16.5. The number of nitrogens with one attached hydrogen (secondary N) is 1. The van der Waals surface area contributed by atoms with Crippen molar-refractivity contribution in [3.8, 4) is 0 Å². The summed E-state index contributed by atoms with van der Waals surface area (Å²) in [4.78, 5) is 12.3. The average Bonchev–Trinajstić information content (AvgIpc) is 2.93. The number of carbonyl (C=O) groups excluding carboxylic acids is 1. The van der Waals surface area contributed by atoms with Gasteiger partial charge < -0.3 is 5.32 Å². The van der Waals surface area contributed by atoms with Gasteiger partial charge in [-0.25, -0.2) is 0 Å². The lowest BCUT2D eigenvalue weighted by atomic mass is 9.78. The Morgan fingerprint density at radius 3 is 2.38 bits per heavy atom. The minimum atomic E-state index is 0.0613. The van der Waals surface area contributed by atoms with Crippen LogP contribution in [0.4, 0.5) is 0 Å². The SMILES string of the molecule is CC(C)CC1(CNC(=O)c2ccc(CBr)cc2)CCCC1. The Morgan fingerprint density at radius 1 is 1.24 bits per heavy atom. The zero-order valence-corrected chi connectivity index (χ0v) is 14.7. The highest BCUT2D eigenvalue weighted by Gasteiger charge is 2.34. The topological polar surface area (TPSA) is 29.1 Å². The summed E-state index contributed by atoms with van der Waals surface area (Å²) in [6.07, 6.45) is 6.35. The quantitative estimate of drug-likeness (QED) is 0.724. The molecular formula is C18H26BrNO. The van der Waals surface area contributed by atoms with Crippen molar-refractivity contribution < 1.29 is 4.79 Å². The summed E-state index contributed by atoms with van der Waals surface area (Å²) in [6, 6.07) is 7.83. The van der Waals surface area contributed by atoms with Crippen LogP contribution in [-0.2, 0) is 5.33 Å². The molecule has 116 valence electrons. The van der Waals surface area contributed by atoms with Crippen molar-refractivity contribution in [1.82, 2.24) is 5.32 Å². The van der Waals surface area contributed by atoms with Gasteiger partial charge in [0.2, 0.25) is 0 Å². The Kier molecular flexibility index (Phi) is 5.86. The van der Waals surface area contributed by atoms with Crippen LogP contribution >= 0.6 is 15.9 Å². The molecule has 1 aliphatic rings. The van der Waals surface area contributed by atoms with E-state index < -0.39 is 0 Å². The fourth-order valence-corrected chi connectivity index (χ4v) is 3.93. The molecule has 21 heavy (non-hydrogen) atoms. The second-order valence-electron chi connectivity index (χ2n) is 6.82. The third kappa shape index (κ3) is 4.57. The van der Waals surface area contributed by atoms with E-state index in [1.807, 2.05) is 24.3 Å². The number of alkyl halides is 1. The van der Waals surface area contributed by atoms with Crippen LogP contribution in [0.25, 0.3) is 0 Å². The molecule has 1 amide bonds. The maximum Gasteiger partial charge on any atom is 0.251 e. The molecular weight excluding hydrogens is 326 g/mol. The van der Waals surface area contributed by atoms with Crippen LogP contribution < -0.4 is 5.32 Å². The van der Waals surface area contributed by atoms with E-state index in [1.165, 1.54) is 37.7 Å². The molecule has 1 aliphatic carbocycles. The first-order chi connectivity index (χ1) is 10.0. The highest BCUT2D eigenvalue weighted by atomic mass is 79.9. The van der Waals surface area contributed by atoms with Crippen molar-refractivity contribution in [2.75, 3.05) is 6.54 Å². The monoisotopic (exact) mass is 351 g/mol. The number of hydrogen-bond donors (Lipinski definition) is 1. The van der Waals surface area contributed by atoms with Gasteiger partial charge in [0.15, 0.2) is 0 Å². The summed E-state index contributed by atoms with van der Waals surface area (Å²) in [5, 5.41) is 4.00. The molecule has 0 bridgehead atoms. The van der Waals surface area contributed by atoms with Gasteiger partial charge >= 0.3 is 0 Å². The van der Waals surface area contributed by atoms with Crippen molar-refractivity contribution in [1.29, 1.82) is 0 Å². The highest BCUT2D eigenvalue weighted by molar-refractivity contribution is 9.08. The molecule has 0 saturated heterocycles. The van der Waals surface area contributed by atoms with E-state index >= 15 is 0 Å². The van der Waals surface area contributed by atoms with Gasteiger partial charge in [-0.15, -0.1) is 0 Å². The number of benzene rings is 1. The molecule has 2 rings (SSSR count). The third-order valence-electron chi connectivity index (χ3n) is 4.50. The van der Waals surface area contributed by atoms with Gasteiger partial charge in [0.05, 0.1) is 0 Å². The zero-order valence-electron chi connectivity index (χ0n) is 13.1. The van der Waals surface area contributed by atoms with Gasteiger partial charge in [-0.3, -0.25) is 4.79 Å². The van der Waals surface area contributed by atoms with Crippen LogP contribution in [0.3, 0.4) is 0 Å². The lowest BCUT2D eigenvalue weighted by molar-refractivity contribution is 0.0922. The molecule has 1 N–H and O–H groups in total. The van der Waals surface area contributed by atoms with Gasteiger partial charge in [-0.05, 0) is 48.3 Å². The fraction of sp³-hybridized carbons (Fsp3) is 0.611. The van der Waals surface area contributed by atoms with Crippen molar-refractivity contribution >= 4 is 21.8 Å². The molecule has 3 heteroatoms. The minimum Gasteiger partial charge on any atom is -0.351 e. The maximum absolute atomic E-state index is 12.3. The van der Waals surface area contributed by atoms with Gasteiger partial charge in [-0.1, -0.05) is 54.8 Å². The van der Waals surface area contributed by atoms with Crippen LogP contribution in [0.1, 0.15) is 61.9 Å². The predicted octanol–water partition coefficient (Wildman–Crippen LogP) is 4.92. The van der Waals surface area contributed by atoms with Gasteiger partial charge in [0.25, 0.3) is 5.91 Å². The standard InChI is InChI=1S/C18H26BrNO/c1-14(2)11-18(9-3-4-10-18)13-20-17(21)16-7-5-15(12-19)6-8-16/h5-8,14H,3-4,9-13H2,1-2H3,(H,20,21). The van der Waals surface area contributed by atoms with Crippen molar-refractivity contribution in [3.05, 3.63) is 35.4 Å². The van der Waals surface area contributed by atoms with Crippen molar-refractivity contribution in [2.45, 2.75) is 51.3 Å². The molecule has 0 aliphatic heterocycles. The molecule has 0 spiro atoms. The summed E-state index contributed by atoms with van der Waals surface area (Å²) >= 11 is 3.42. The lowest BCUT2D eigenvalue weighted by Crippen LogP contribution is -2.36. The second kappa shape index (κ2) is 7.44. The van der Waals surface area contributed by atoms with E-state index in [4.69, 9.17) is 0 Å². The number of halogens is 1. The number of rotatable bonds is 6. The molecule has 0 heterocycles. The van der Waals surface area contributed by atoms with Crippen LogP contribution in [0.2, 0.25) is 0 Å². The molecule has 1 aromatic rings. The summed E-state index contributed by atoms with van der Waals surface area (Å²) in [5.41, 5.74) is 2.29. The Labute approximate surface area is 136 Å². The minimum absolute atomic E-state index is 0.0613. The first-order valence-corrected chi connectivity index (χ1v) is 9.10. The maximum atomic E-state index is 12.3. The van der Waals surface area contributed by atoms with Gasteiger partial charge in [0, 0.05) is 17.4 Å². The van der Waals surface area contributed by atoms with Gasteiger partial charge in [0.1, 0.15) is 0 Å². The fourth-order valence-electron chi connectivity index (χ4n) is 3.56. The van der Waals surface area contributed by atoms with E-state index in [9.17, 15) is 4.79 Å². The third-order valence-corrected chi connectivity index (χ3v) is 5.15. The van der Waals surface area contributed by atoms with Crippen molar-refractivity contribution in [2.24, 2.45) is 11.3 Å². The second-order valence-corrected chi connectivity index (χ2v) is 7.38. The molecule has 1 fully saturated rings. The average molecular weight is 352 g/mol. The molecule has 1 saturated carbocycles. The molecule has 0 atom stereocenters. The Bertz CT molecular complexity index is 461. The van der Waals surface area contributed by atoms with E-state index in [-0.39, 0.29) is 5.91 Å². The zero-order chi connectivity index (χ0) is 15.3. The summed E-state index contributed by atoms with van der Waals surface area (Å²) in [5.74, 6) is 0.754. The smallest absolute Gasteiger partial charge is 0.251 e. The lowest BCUT2D eigenvalue weighted by Gasteiger charge is -2.31. The van der Waals surface area contributed by atoms with Crippen LogP contribution in [-0.4, -0.2) is 12.5 Å². The Hall–Kier alpha value is -0.830. The molecule has 0 unspecified atom stereocenters. The van der Waals surface area contributed by atoms with Gasteiger partial charge in [-0.2, -0.15) is 0 Å². The number of carbonyl (C=O) groups is 1. The Balaban J connectivity index is 1.95. The van der Waals surface area contributed by atoms with E-state index in [0.29, 0.717) is 11.3 Å². The molecule has 2 nitrogen and oxygen atoms in total. The molecule has 1 aromatic carbocycles. The predicted molar refractivity (Wildman–Crippen MR) is 91.8 cm³/mol. The Morgan fingerprint density at radius 2 is 1.86 bits per heavy atom. The summed E-state index contributed by atoms with van der Waals surface area (Å²) in [6.45, 7) is 5.38. The first-order valence-electron chi connectivity index (χ1n) is 7.98. The molecule has 0 aromatic heterocycles. The largest absolute Gasteiger partial charge is 0.351 e. The number of hydrogen-bond acceptors (Lipinski definition) is 1. The van der Waals surface area contributed by atoms with Crippen LogP contribution in [0.5, 0.6) is 0 Å². The summed E-state index contributed by atoms with van der Waals surface area (Å²) in [7, 11) is 0. The van der Waals surface area contributed by atoms with Crippen LogP contribution in [0.15, 0.2) is 24.3 Å². The summed E-state index contributed by atoms with van der Waals surface area (Å²) < 4.78 is 0. The van der Waals surface area contributed by atoms with E-state index in [0.717, 1.165) is 17.4 Å². The van der Waals surface area contributed by atoms with Crippen molar-refractivity contribution in [3.63, 3.8) is 0 Å².